The first kappa shape index (κ1) is 13.3. The lowest BCUT2D eigenvalue weighted by Crippen LogP contribution is -2.36. The molecule has 0 spiro atoms. The highest BCUT2D eigenvalue weighted by Crippen LogP contribution is 2.36. The maximum atomic E-state index is 10.6. The van der Waals surface area contributed by atoms with Gasteiger partial charge in [0.2, 0.25) is 0 Å². The Labute approximate surface area is 109 Å². The summed E-state index contributed by atoms with van der Waals surface area (Å²) in [6.07, 6.45) is 7.04. The summed E-state index contributed by atoms with van der Waals surface area (Å²) in [6.45, 7) is 2.15. The first-order valence-electron chi connectivity index (χ1n) is 6.81. The van der Waals surface area contributed by atoms with Crippen LogP contribution in [0.5, 0.6) is 0 Å². The Hall–Kier alpha value is -1.12. The van der Waals surface area contributed by atoms with Crippen LogP contribution in [0.4, 0.5) is 0 Å². The van der Waals surface area contributed by atoms with Crippen LogP contribution >= 0.6 is 0 Å². The Morgan fingerprint density at radius 2 is 2.00 bits per heavy atom. The molecule has 0 saturated heterocycles. The number of aliphatic hydroxyl groups excluding tert-OH is 1. The minimum Gasteiger partial charge on any atom is -0.392 e. The summed E-state index contributed by atoms with van der Waals surface area (Å²) in [5.41, 5.74) is -0.155. The van der Waals surface area contributed by atoms with Gasteiger partial charge in [0.15, 0.2) is 0 Å². The molecule has 0 radical (unpaired) electrons. The molecule has 2 heteroatoms. The normalized spacial score (nSPS) is 31.5. The third-order valence-corrected chi connectivity index (χ3v) is 3.80. The summed E-state index contributed by atoms with van der Waals surface area (Å²) in [5.74, 6) is 0.189. The van der Waals surface area contributed by atoms with Crippen LogP contribution < -0.4 is 0 Å². The van der Waals surface area contributed by atoms with E-state index in [-0.39, 0.29) is 5.92 Å². The van der Waals surface area contributed by atoms with E-state index in [0.717, 1.165) is 24.8 Å². The summed E-state index contributed by atoms with van der Waals surface area (Å²) >= 11 is 0. The van der Waals surface area contributed by atoms with E-state index < -0.39 is 11.7 Å². The molecule has 1 aromatic carbocycles. The number of hydrogen-bond acceptors (Lipinski definition) is 2. The van der Waals surface area contributed by atoms with E-state index in [1.165, 1.54) is 0 Å². The molecule has 3 atom stereocenters. The van der Waals surface area contributed by atoms with E-state index in [9.17, 15) is 10.2 Å². The summed E-state index contributed by atoms with van der Waals surface area (Å²) in [5, 5.41) is 20.8. The summed E-state index contributed by atoms with van der Waals surface area (Å²) in [6, 6.07) is 9.57. The van der Waals surface area contributed by atoms with E-state index >= 15 is 0 Å². The summed E-state index contributed by atoms with van der Waals surface area (Å²) in [4.78, 5) is 0. The zero-order chi connectivity index (χ0) is 13.0. The SMILES string of the molecule is CCCC[C@H]1C=C[C@@](O)(c2ccccc2)C[C@H]1O. The molecule has 0 bridgehead atoms. The topological polar surface area (TPSA) is 40.5 Å². The fourth-order valence-corrected chi connectivity index (χ4v) is 2.62. The molecule has 1 aliphatic rings. The van der Waals surface area contributed by atoms with Crippen molar-refractivity contribution in [3.8, 4) is 0 Å². The Morgan fingerprint density at radius 1 is 1.28 bits per heavy atom. The molecule has 0 amide bonds. The van der Waals surface area contributed by atoms with Crippen molar-refractivity contribution in [3.05, 3.63) is 48.0 Å². The van der Waals surface area contributed by atoms with Crippen LogP contribution in [-0.2, 0) is 5.60 Å². The van der Waals surface area contributed by atoms with E-state index in [0.29, 0.717) is 6.42 Å². The predicted octanol–water partition coefficient (Wildman–Crippen LogP) is 3.00. The molecule has 0 unspecified atom stereocenters. The molecule has 18 heavy (non-hydrogen) atoms. The van der Waals surface area contributed by atoms with Gasteiger partial charge in [-0.3, -0.25) is 0 Å². The molecule has 0 aliphatic heterocycles. The monoisotopic (exact) mass is 246 g/mol. The van der Waals surface area contributed by atoms with Crippen LogP contribution in [0.3, 0.4) is 0 Å². The van der Waals surface area contributed by atoms with Crippen LogP contribution in [0.25, 0.3) is 0 Å². The smallest absolute Gasteiger partial charge is 0.110 e. The van der Waals surface area contributed by atoms with Gasteiger partial charge in [0, 0.05) is 12.3 Å². The lowest BCUT2D eigenvalue weighted by atomic mass is 9.77. The van der Waals surface area contributed by atoms with Crippen molar-refractivity contribution in [3.63, 3.8) is 0 Å². The molecule has 0 heterocycles. The van der Waals surface area contributed by atoms with Gasteiger partial charge >= 0.3 is 0 Å². The molecule has 2 nitrogen and oxygen atoms in total. The van der Waals surface area contributed by atoms with E-state index in [1.807, 2.05) is 42.5 Å². The standard InChI is InChI=1S/C16H22O2/c1-2-3-7-13-10-11-16(18,12-15(13)17)14-8-5-4-6-9-14/h4-6,8-11,13,15,17-18H,2-3,7,12H2,1H3/t13-,15+,16-/m0/s1. The summed E-state index contributed by atoms with van der Waals surface area (Å²) in [7, 11) is 0. The zero-order valence-corrected chi connectivity index (χ0v) is 10.9. The minimum atomic E-state index is -1.01. The third-order valence-electron chi connectivity index (χ3n) is 3.80. The van der Waals surface area contributed by atoms with Crippen molar-refractivity contribution in [2.24, 2.45) is 5.92 Å². The van der Waals surface area contributed by atoms with Crippen LogP contribution in [0, 0.1) is 5.92 Å². The van der Waals surface area contributed by atoms with Crippen molar-refractivity contribution in [2.45, 2.75) is 44.3 Å². The molecule has 1 aliphatic carbocycles. The highest BCUT2D eigenvalue weighted by molar-refractivity contribution is 5.29. The molecular formula is C16H22O2. The first-order chi connectivity index (χ1) is 8.65. The van der Waals surface area contributed by atoms with Gasteiger partial charge < -0.3 is 10.2 Å². The second kappa shape index (κ2) is 5.68. The number of rotatable bonds is 4. The van der Waals surface area contributed by atoms with Crippen molar-refractivity contribution in [1.82, 2.24) is 0 Å². The molecule has 0 aromatic heterocycles. The minimum absolute atomic E-state index is 0.189. The highest BCUT2D eigenvalue weighted by atomic mass is 16.3. The first-order valence-corrected chi connectivity index (χ1v) is 6.81. The zero-order valence-electron chi connectivity index (χ0n) is 10.9. The van der Waals surface area contributed by atoms with Gasteiger partial charge in [0.25, 0.3) is 0 Å². The molecule has 2 rings (SSSR count). The third kappa shape index (κ3) is 2.82. The molecule has 0 saturated carbocycles. The summed E-state index contributed by atoms with van der Waals surface area (Å²) < 4.78 is 0. The van der Waals surface area contributed by atoms with Crippen molar-refractivity contribution in [2.75, 3.05) is 0 Å². The average molecular weight is 246 g/mol. The highest BCUT2D eigenvalue weighted by Gasteiger charge is 2.35. The van der Waals surface area contributed by atoms with Crippen LogP contribution in [0.2, 0.25) is 0 Å². The fraction of sp³-hybridized carbons (Fsp3) is 0.500. The average Bonchev–Trinajstić information content (AvgIpc) is 2.39. The number of benzene rings is 1. The van der Waals surface area contributed by atoms with E-state index in [4.69, 9.17) is 0 Å². The van der Waals surface area contributed by atoms with Gasteiger partial charge in [-0.1, -0.05) is 62.2 Å². The Balaban J connectivity index is 2.14. The van der Waals surface area contributed by atoms with Crippen molar-refractivity contribution < 1.29 is 10.2 Å². The molecule has 0 fully saturated rings. The van der Waals surface area contributed by atoms with Gasteiger partial charge in [-0.25, -0.2) is 0 Å². The van der Waals surface area contributed by atoms with Gasteiger partial charge in [0.1, 0.15) is 5.60 Å². The number of unbranched alkanes of at least 4 members (excludes halogenated alkanes) is 1. The lowest BCUT2D eigenvalue weighted by Gasteiger charge is -2.35. The maximum Gasteiger partial charge on any atom is 0.110 e. The Morgan fingerprint density at radius 3 is 2.61 bits per heavy atom. The maximum absolute atomic E-state index is 10.6. The quantitative estimate of drug-likeness (QED) is 0.802. The molecule has 1 aromatic rings. The molecular weight excluding hydrogens is 224 g/mol. The van der Waals surface area contributed by atoms with Gasteiger partial charge in [0.05, 0.1) is 6.10 Å². The van der Waals surface area contributed by atoms with Crippen molar-refractivity contribution >= 4 is 0 Å². The van der Waals surface area contributed by atoms with Crippen LogP contribution in [0.1, 0.15) is 38.2 Å². The van der Waals surface area contributed by atoms with Gasteiger partial charge in [-0.05, 0) is 12.0 Å². The van der Waals surface area contributed by atoms with Gasteiger partial charge in [-0.2, -0.15) is 0 Å². The fourth-order valence-electron chi connectivity index (χ4n) is 2.62. The Kier molecular flexibility index (Phi) is 4.20. The largest absolute Gasteiger partial charge is 0.392 e. The van der Waals surface area contributed by atoms with Crippen molar-refractivity contribution in [1.29, 1.82) is 0 Å². The van der Waals surface area contributed by atoms with E-state index in [1.54, 1.807) is 0 Å². The molecule has 2 N–H and O–H groups in total. The number of hydrogen-bond donors (Lipinski definition) is 2. The van der Waals surface area contributed by atoms with Crippen LogP contribution in [-0.4, -0.2) is 16.3 Å². The van der Waals surface area contributed by atoms with Crippen LogP contribution in [0.15, 0.2) is 42.5 Å². The second-order valence-electron chi connectivity index (χ2n) is 5.23. The predicted molar refractivity (Wildman–Crippen MR) is 73.1 cm³/mol. The lowest BCUT2D eigenvalue weighted by molar-refractivity contribution is -0.00509. The van der Waals surface area contributed by atoms with E-state index in [2.05, 4.69) is 6.92 Å². The van der Waals surface area contributed by atoms with Gasteiger partial charge in [-0.15, -0.1) is 0 Å². The second-order valence-corrected chi connectivity index (χ2v) is 5.23. The Bertz CT molecular complexity index is 399. The molecule has 98 valence electrons. The number of aliphatic hydroxyl groups is 2.